The first-order valence-corrected chi connectivity index (χ1v) is 7.73. The summed E-state index contributed by atoms with van der Waals surface area (Å²) >= 11 is 0. The van der Waals surface area contributed by atoms with Crippen molar-refractivity contribution in [1.29, 1.82) is 0 Å². The molecule has 1 aromatic carbocycles. The van der Waals surface area contributed by atoms with Crippen LogP contribution in [0.15, 0.2) is 30.3 Å². The van der Waals surface area contributed by atoms with Crippen LogP contribution < -0.4 is 10.2 Å². The molecule has 1 aliphatic rings. The zero-order chi connectivity index (χ0) is 16.2. The average Bonchev–Trinajstić information content (AvgIpc) is 3.02. The van der Waals surface area contributed by atoms with Gasteiger partial charge in [-0.1, -0.05) is 18.2 Å². The van der Waals surface area contributed by atoms with Gasteiger partial charge in [-0.2, -0.15) is 0 Å². The number of tetrazole rings is 1. The highest BCUT2D eigenvalue weighted by Gasteiger charge is 2.23. The molecule has 122 valence electrons. The Morgan fingerprint density at radius 2 is 1.87 bits per heavy atom. The third kappa shape index (κ3) is 3.41. The third-order valence-electron chi connectivity index (χ3n) is 4.07. The summed E-state index contributed by atoms with van der Waals surface area (Å²) in [6.45, 7) is 4.94. The van der Waals surface area contributed by atoms with E-state index in [1.807, 2.05) is 30.0 Å². The zero-order valence-electron chi connectivity index (χ0n) is 13.4. The number of piperazine rings is 1. The van der Waals surface area contributed by atoms with E-state index in [1.54, 1.807) is 11.7 Å². The smallest absolute Gasteiger partial charge is 0.318 e. The molecule has 23 heavy (non-hydrogen) atoms. The summed E-state index contributed by atoms with van der Waals surface area (Å²) in [5.41, 5.74) is 1.20. The Bertz CT molecular complexity index is 649. The van der Waals surface area contributed by atoms with Gasteiger partial charge >= 0.3 is 6.03 Å². The molecule has 8 nitrogen and oxygen atoms in total. The zero-order valence-corrected chi connectivity index (χ0v) is 13.4. The second kappa shape index (κ2) is 6.64. The van der Waals surface area contributed by atoms with Gasteiger partial charge in [-0.25, -0.2) is 9.48 Å². The number of rotatable bonds is 3. The number of hydrogen-bond acceptors (Lipinski definition) is 5. The molecule has 0 radical (unpaired) electrons. The highest BCUT2D eigenvalue weighted by Crippen LogP contribution is 2.16. The molecule has 0 unspecified atom stereocenters. The summed E-state index contributed by atoms with van der Waals surface area (Å²) in [5, 5.41) is 14.3. The van der Waals surface area contributed by atoms with E-state index in [9.17, 15) is 4.79 Å². The Balaban J connectivity index is 1.53. The lowest BCUT2D eigenvalue weighted by molar-refractivity contribution is 0.190. The van der Waals surface area contributed by atoms with E-state index < -0.39 is 0 Å². The number of aryl methyl sites for hydroxylation is 1. The monoisotopic (exact) mass is 315 g/mol. The van der Waals surface area contributed by atoms with Crippen LogP contribution in [-0.2, 0) is 7.05 Å². The maximum Gasteiger partial charge on any atom is 0.318 e. The molecule has 0 bridgehead atoms. The lowest BCUT2D eigenvalue weighted by Crippen LogP contribution is -2.52. The topological polar surface area (TPSA) is 79.2 Å². The molecule has 1 fully saturated rings. The van der Waals surface area contributed by atoms with E-state index in [2.05, 4.69) is 37.9 Å². The van der Waals surface area contributed by atoms with Crippen LogP contribution in [0.5, 0.6) is 0 Å². The number of carbonyl (C=O) groups is 1. The Kier molecular flexibility index (Phi) is 4.40. The van der Waals surface area contributed by atoms with Crippen LogP contribution in [0.3, 0.4) is 0 Å². The molecule has 1 aromatic heterocycles. The Labute approximate surface area is 135 Å². The van der Waals surface area contributed by atoms with Crippen LogP contribution in [0.1, 0.15) is 18.8 Å². The molecule has 2 amide bonds. The van der Waals surface area contributed by atoms with Crippen LogP contribution in [-0.4, -0.2) is 57.3 Å². The van der Waals surface area contributed by atoms with Crippen molar-refractivity contribution in [2.75, 3.05) is 31.1 Å². The number of benzene rings is 1. The van der Waals surface area contributed by atoms with Crippen molar-refractivity contribution in [2.45, 2.75) is 13.0 Å². The summed E-state index contributed by atoms with van der Waals surface area (Å²) in [7, 11) is 1.76. The first-order valence-electron chi connectivity index (χ1n) is 7.73. The van der Waals surface area contributed by atoms with Crippen molar-refractivity contribution in [1.82, 2.24) is 30.4 Å². The molecule has 1 atom stereocenters. The van der Waals surface area contributed by atoms with Gasteiger partial charge in [0.05, 0.1) is 6.04 Å². The maximum atomic E-state index is 12.4. The summed E-state index contributed by atoms with van der Waals surface area (Å²) in [5.74, 6) is 0.640. The fourth-order valence-electron chi connectivity index (χ4n) is 2.75. The number of carbonyl (C=O) groups excluding carboxylic acids is 1. The molecule has 0 saturated carbocycles. The van der Waals surface area contributed by atoms with Gasteiger partial charge in [-0.15, -0.1) is 5.10 Å². The summed E-state index contributed by atoms with van der Waals surface area (Å²) in [4.78, 5) is 16.5. The van der Waals surface area contributed by atoms with Gasteiger partial charge in [0.25, 0.3) is 0 Å². The van der Waals surface area contributed by atoms with Gasteiger partial charge in [0.1, 0.15) is 0 Å². The van der Waals surface area contributed by atoms with Crippen molar-refractivity contribution in [3.05, 3.63) is 36.2 Å². The molecule has 1 aliphatic heterocycles. The first-order chi connectivity index (χ1) is 11.1. The molecule has 1 N–H and O–H groups in total. The quantitative estimate of drug-likeness (QED) is 0.906. The van der Waals surface area contributed by atoms with Crippen LogP contribution >= 0.6 is 0 Å². The standard InChI is InChI=1S/C15H21N7O/c1-12(14-17-18-19-20(14)2)16-15(23)22-10-8-21(9-11-22)13-6-4-3-5-7-13/h3-7,12H,8-11H2,1-2H3,(H,16,23)/t12-/m1/s1. The normalized spacial score (nSPS) is 16.3. The van der Waals surface area contributed by atoms with Crippen molar-refractivity contribution < 1.29 is 4.79 Å². The fourth-order valence-corrected chi connectivity index (χ4v) is 2.75. The first kappa shape index (κ1) is 15.3. The van der Waals surface area contributed by atoms with Crippen LogP contribution in [0.4, 0.5) is 10.5 Å². The van der Waals surface area contributed by atoms with Gasteiger partial charge < -0.3 is 15.1 Å². The van der Waals surface area contributed by atoms with Gasteiger partial charge in [0.2, 0.25) is 0 Å². The second-order valence-corrected chi connectivity index (χ2v) is 5.64. The number of aromatic nitrogens is 4. The van der Waals surface area contributed by atoms with Crippen molar-refractivity contribution >= 4 is 11.7 Å². The minimum atomic E-state index is -0.227. The molecule has 2 aromatic rings. The van der Waals surface area contributed by atoms with Crippen LogP contribution in [0.25, 0.3) is 0 Å². The molecule has 1 saturated heterocycles. The molecule has 0 aliphatic carbocycles. The summed E-state index contributed by atoms with van der Waals surface area (Å²) in [6, 6.07) is 9.96. The molecule has 3 rings (SSSR count). The van der Waals surface area contributed by atoms with Crippen molar-refractivity contribution in [2.24, 2.45) is 7.05 Å². The number of amides is 2. The Hall–Kier alpha value is -2.64. The fraction of sp³-hybridized carbons (Fsp3) is 0.467. The van der Waals surface area contributed by atoms with E-state index in [4.69, 9.17) is 0 Å². The molecular formula is C15H21N7O. The number of nitrogens with zero attached hydrogens (tertiary/aromatic N) is 6. The Morgan fingerprint density at radius 1 is 1.17 bits per heavy atom. The van der Waals surface area contributed by atoms with Crippen molar-refractivity contribution in [3.8, 4) is 0 Å². The number of hydrogen-bond donors (Lipinski definition) is 1. The number of para-hydroxylation sites is 1. The lowest BCUT2D eigenvalue weighted by atomic mass is 10.2. The van der Waals surface area contributed by atoms with E-state index in [0.717, 1.165) is 13.1 Å². The predicted octanol–water partition coefficient (Wildman–Crippen LogP) is 0.803. The van der Waals surface area contributed by atoms with Crippen LogP contribution in [0, 0.1) is 0 Å². The third-order valence-corrected chi connectivity index (χ3v) is 4.07. The highest BCUT2D eigenvalue weighted by atomic mass is 16.2. The van der Waals surface area contributed by atoms with Gasteiger partial charge in [-0.05, 0) is 29.5 Å². The van der Waals surface area contributed by atoms with E-state index in [1.165, 1.54) is 5.69 Å². The Morgan fingerprint density at radius 3 is 2.48 bits per heavy atom. The van der Waals surface area contributed by atoms with Gasteiger partial charge in [0, 0.05) is 38.9 Å². The van der Waals surface area contributed by atoms with Crippen LogP contribution in [0.2, 0.25) is 0 Å². The van der Waals surface area contributed by atoms with Crippen molar-refractivity contribution in [3.63, 3.8) is 0 Å². The maximum absolute atomic E-state index is 12.4. The molecule has 8 heteroatoms. The lowest BCUT2D eigenvalue weighted by Gasteiger charge is -2.36. The van der Waals surface area contributed by atoms with E-state index in [0.29, 0.717) is 18.9 Å². The minimum Gasteiger partial charge on any atom is -0.368 e. The van der Waals surface area contributed by atoms with Gasteiger partial charge in [-0.3, -0.25) is 0 Å². The number of anilines is 1. The predicted molar refractivity (Wildman–Crippen MR) is 86.0 cm³/mol. The summed E-state index contributed by atoms with van der Waals surface area (Å²) < 4.78 is 1.57. The van der Waals surface area contributed by atoms with Gasteiger partial charge in [0.15, 0.2) is 5.82 Å². The van der Waals surface area contributed by atoms with E-state index in [-0.39, 0.29) is 12.1 Å². The number of nitrogens with one attached hydrogen (secondary N) is 1. The number of urea groups is 1. The molecule has 2 heterocycles. The molecular weight excluding hydrogens is 294 g/mol. The second-order valence-electron chi connectivity index (χ2n) is 5.64. The van der Waals surface area contributed by atoms with E-state index >= 15 is 0 Å². The summed E-state index contributed by atoms with van der Waals surface area (Å²) in [6.07, 6.45) is 0. The molecule has 0 spiro atoms. The highest BCUT2D eigenvalue weighted by molar-refractivity contribution is 5.75. The largest absolute Gasteiger partial charge is 0.368 e. The SMILES string of the molecule is C[C@@H](NC(=O)N1CCN(c2ccccc2)CC1)c1nnnn1C. The average molecular weight is 315 g/mol. The minimum absolute atomic E-state index is 0.0757.